The van der Waals surface area contributed by atoms with Gasteiger partial charge in [0, 0.05) is 48.1 Å². The monoisotopic (exact) mass is 499 g/mol. The minimum absolute atomic E-state index is 0.179. The average molecular weight is 500 g/mol. The van der Waals surface area contributed by atoms with E-state index >= 15 is 0 Å². The van der Waals surface area contributed by atoms with Crippen molar-refractivity contribution < 1.29 is 24.2 Å². The molecule has 1 aliphatic rings. The van der Waals surface area contributed by atoms with Crippen LogP contribution in [-0.4, -0.2) is 59.4 Å². The number of H-pyrrole nitrogens is 1. The third-order valence-corrected chi connectivity index (χ3v) is 6.33. The van der Waals surface area contributed by atoms with Crippen LogP contribution in [0.5, 0.6) is 5.75 Å². The second kappa shape index (κ2) is 11.0. The average Bonchev–Trinajstić information content (AvgIpc) is 3.20. The molecule has 8 nitrogen and oxygen atoms in total. The summed E-state index contributed by atoms with van der Waals surface area (Å²) in [4.78, 5) is 29.0. The van der Waals surface area contributed by atoms with Crippen molar-refractivity contribution in [2.45, 2.75) is 38.8 Å². The van der Waals surface area contributed by atoms with Gasteiger partial charge in [0.1, 0.15) is 11.8 Å². The molecular weight excluding hydrogens is 470 g/mol. The van der Waals surface area contributed by atoms with E-state index in [1.54, 1.807) is 11.8 Å². The molecule has 1 aliphatic heterocycles. The van der Waals surface area contributed by atoms with Crippen LogP contribution in [0.15, 0.2) is 42.5 Å². The van der Waals surface area contributed by atoms with Gasteiger partial charge in [0.05, 0.1) is 19.3 Å². The molecule has 0 saturated heterocycles. The van der Waals surface area contributed by atoms with Gasteiger partial charge in [0.15, 0.2) is 0 Å². The largest absolute Gasteiger partial charge is 0.493 e. The first kappa shape index (κ1) is 24.9. The molecule has 3 N–H and O–H groups in total. The number of aromatic amines is 1. The van der Waals surface area contributed by atoms with Crippen molar-refractivity contribution in [1.29, 1.82) is 0 Å². The van der Waals surface area contributed by atoms with Crippen molar-refractivity contribution in [2.75, 3.05) is 26.3 Å². The van der Waals surface area contributed by atoms with Crippen molar-refractivity contribution in [3.63, 3.8) is 0 Å². The summed E-state index contributed by atoms with van der Waals surface area (Å²) in [6.07, 6.45) is 0.0655. The number of ether oxygens (including phenoxy) is 2. The molecule has 35 heavy (non-hydrogen) atoms. The van der Waals surface area contributed by atoms with Crippen molar-refractivity contribution in [2.24, 2.45) is 0 Å². The maximum atomic E-state index is 12.8. The highest BCUT2D eigenvalue weighted by atomic mass is 35.5. The molecule has 2 amide bonds. The van der Waals surface area contributed by atoms with Crippen LogP contribution >= 0.6 is 11.6 Å². The van der Waals surface area contributed by atoms with Gasteiger partial charge in [-0.05, 0) is 54.8 Å². The van der Waals surface area contributed by atoms with Gasteiger partial charge in [-0.3, -0.25) is 9.69 Å². The third-order valence-electron chi connectivity index (χ3n) is 6.09. The van der Waals surface area contributed by atoms with E-state index in [2.05, 4.69) is 10.3 Å². The highest BCUT2D eigenvalue weighted by Gasteiger charge is 2.35. The number of halogens is 1. The summed E-state index contributed by atoms with van der Waals surface area (Å²) >= 11 is 6.26. The molecular formula is C26H30ClN3O5. The summed E-state index contributed by atoms with van der Waals surface area (Å²) in [5.74, 6) is 0.476. The van der Waals surface area contributed by atoms with Gasteiger partial charge in [-0.1, -0.05) is 23.7 Å². The number of nitrogens with one attached hydrogen (secondary N) is 2. The molecule has 2 atom stereocenters. The summed E-state index contributed by atoms with van der Waals surface area (Å²) < 4.78 is 11.1. The molecule has 9 heteroatoms. The third kappa shape index (κ3) is 5.71. The van der Waals surface area contributed by atoms with E-state index in [9.17, 15) is 14.7 Å². The number of amides is 2. The fourth-order valence-corrected chi connectivity index (χ4v) is 4.61. The fourth-order valence-electron chi connectivity index (χ4n) is 4.43. The Hall–Kier alpha value is -3.23. The fraction of sp³-hybridized carbons (Fsp3) is 0.385. The Balaban J connectivity index is 1.54. The number of nitrogens with zero attached hydrogens (tertiary/aromatic N) is 1. The van der Waals surface area contributed by atoms with E-state index in [0.717, 1.165) is 27.7 Å². The molecule has 186 valence electrons. The zero-order chi connectivity index (χ0) is 24.9. The van der Waals surface area contributed by atoms with E-state index in [-0.39, 0.29) is 24.6 Å². The zero-order valence-electron chi connectivity index (χ0n) is 19.8. The predicted octanol–water partition coefficient (Wildman–Crippen LogP) is 4.19. The topological polar surface area (TPSA) is 104 Å². The smallest absolute Gasteiger partial charge is 0.410 e. The summed E-state index contributed by atoms with van der Waals surface area (Å²) in [5.41, 5.74) is 4.01. The van der Waals surface area contributed by atoms with Crippen molar-refractivity contribution in [3.8, 4) is 5.75 Å². The second-order valence-electron chi connectivity index (χ2n) is 8.55. The molecule has 3 aromatic rings. The lowest BCUT2D eigenvalue weighted by molar-refractivity contribution is -0.119. The Kier molecular flexibility index (Phi) is 7.83. The van der Waals surface area contributed by atoms with Gasteiger partial charge in [-0.25, -0.2) is 4.79 Å². The van der Waals surface area contributed by atoms with Crippen LogP contribution in [0.3, 0.4) is 0 Å². The summed E-state index contributed by atoms with van der Waals surface area (Å²) in [6.45, 7) is 4.55. The van der Waals surface area contributed by atoms with Crippen molar-refractivity contribution in [1.82, 2.24) is 15.2 Å². The Morgan fingerprint density at radius 2 is 2.03 bits per heavy atom. The Morgan fingerprint density at radius 3 is 2.74 bits per heavy atom. The number of aliphatic hydroxyl groups is 1. The lowest BCUT2D eigenvalue weighted by Gasteiger charge is -2.35. The maximum Gasteiger partial charge on any atom is 0.410 e. The molecule has 0 fully saturated rings. The molecule has 4 rings (SSSR count). The minimum atomic E-state index is -0.674. The minimum Gasteiger partial charge on any atom is -0.493 e. The molecule has 2 heterocycles. The summed E-state index contributed by atoms with van der Waals surface area (Å²) in [7, 11) is 0. The van der Waals surface area contributed by atoms with E-state index < -0.39 is 6.10 Å². The molecule has 0 spiro atoms. The van der Waals surface area contributed by atoms with Gasteiger partial charge in [-0.15, -0.1) is 0 Å². The number of hydrogen-bond donors (Lipinski definition) is 3. The van der Waals surface area contributed by atoms with Gasteiger partial charge in [0.2, 0.25) is 5.91 Å². The number of benzene rings is 2. The molecule has 1 aromatic heterocycles. The Bertz CT molecular complexity index is 1190. The number of fused-ring (bicyclic) bond motifs is 3. The van der Waals surface area contributed by atoms with E-state index in [1.165, 1.54) is 6.92 Å². The molecule has 0 bridgehead atoms. The van der Waals surface area contributed by atoms with Crippen LogP contribution < -0.4 is 10.1 Å². The van der Waals surface area contributed by atoms with Crippen LogP contribution in [0.4, 0.5) is 4.79 Å². The first-order chi connectivity index (χ1) is 16.9. The van der Waals surface area contributed by atoms with Crippen molar-refractivity contribution in [3.05, 3.63) is 64.3 Å². The molecule has 1 unspecified atom stereocenters. The number of carbonyl (C=O) groups excluding carboxylic acids is 2. The molecule has 2 aromatic carbocycles. The highest BCUT2D eigenvalue weighted by molar-refractivity contribution is 6.31. The van der Waals surface area contributed by atoms with E-state index in [4.69, 9.17) is 21.1 Å². The van der Waals surface area contributed by atoms with Crippen molar-refractivity contribution >= 4 is 34.5 Å². The van der Waals surface area contributed by atoms with Gasteiger partial charge >= 0.3 is 6.09 Å². The Morgan fingerprint density at radius 1 is 1.26 bits per heavy atom. The number of aromatic nitrogens is 1. The maximum absolute atomic E-state index is 12.8. The number of rotatable bonds is 8. The van der Waals surface area contributed by atoms with E-state index in [0.29, 0.717) is 43.4 Å². The zero-order valence-corrected chi connectivity index (χ0v) is 20.6. The first-order valence-corrected chi connectivity index (χ1v) is 12.1. The van der Waals surface area contributed by atoms with Crippen LogP contribution in [0, 0.1) is 0 Å². The lowest BCUT2D eigenvalue weighted by atomic mass is 9.92. The summed E-state index contributed by atoms with van der Waals surface area (Å²) in [5, 5.41) is 14.3. The first-order valence-electron chi connectivity index (χ1n) is 11.8. The van der Waals surface area contributed by atoms with Crippen LogP contribution in [0.25, 0.3) is 10.9 Å². The highest BCUT2D eigenvalue weighted by Crippen LogP contribution is 2.39. The quantitative estimate of drug-likeness (QED) is 0.431. The SMILES string of the molecule is CCOC(=O)N1CCc2c([nH]c3ccc(Cl)cc23)[C@@H]1c1ccc(OCCC(O)CNC(C)=O)cc1. The number of aliphatic hydroxyl groups excluding tert-OH is 1. The standard InChI is InChI=1S/C26H30ClN3O5/c1-3-34-26(33)30-12-10-21-22-14-18(27)6-9-23(22)29-24(21)25(30)17-4-7-20(8-5-17)35-13-11-19(32)15-28-16(2)31/h4-9,14,19,25,29,32H,3,10-13,15H2,1-2H3,(H,28,31)/t19?,25-/m0/s1. The molecule has 0 saturated carbocycles. The van der Waals surface area contributed by atoms with Crippen LogP contribution in [0.1, 0.15) is 43.1 Å². The predicted molar refractivity (Wildman–Crippen MR) is 134 cm³/mol. The second-order valence-corrected chi connectivity index (χ2v) is 8.99. The van der Waals surface area contributed by atoms with E-state index in [1.807, 2.05) is 42.5 Å². The normalized spacial score (nSPS) is 16.0. The van der Waals surface area contributed by atoms with Gasteiger partial charge in [-0.2, -0.15) is 0 Å². The number of hydrogen-bond acceptors (Lipinski definition) is 5. The Labute approximate surface area is 209 Å². The van der Waals surface area contributed by atoms with Gasteiger partial charge < -0.3 is 24.9 Å². The lowest BCUT2D eigenvalue weighted by Crippen LogP contribution is -2.40. The molecule has 0 aliphatic carbocycles. The van der Waals surface area contributed by atoms with Crippen LogP contribution in [-0.2, 0) is 16.0 Å². The van der Waals surface area contributed by atoms with Gasteiger partial charge in [0.25, 0.3) is 0 Å². The van der Waals surface area contributed by atoms with Crippen LogP contribution in [0.2, 0.25) is 5.02 Å². The number of carbonyl (C=O) groups is 2. The molecule has 0 radical (unpaired) electrons. The summed E-state index contributed by atoms with van der Waals surface area (Å²) in [6, 6.07) is 13.0.